The molecule has 0 amide bonds. The van der Waals surface area contributed by atoms with E-state index in [1.807, 2.05) is 0 Å². The third-order valence-electron chi connectivity index (χ3n) is 7.45. The quantitative estimate of drug-likeness (QED) is 0.00723. The molecular formula is C33H26B2I2N8Na4O16S5. The zero-order valence-electron chi connectivity index (χ0n) is 36.5. The Hall–Kier alpha value is -0.0501. The molecule has 0 unspecified atom stereocenters. The normalized spacial score (nSPS) is 11.2. The molecule has 0 fully saturated rings. The Bertz CT molecular complexity index is 3000. The van der Waals surface area contributed by atoms with Gasteiger partial charge in [-0.05, 0) is 90.3 Å². The summed E-state index contributed by atoms with van der Waals surface area (Å²) in [6.07, 6.45) is 0. The second-order valence-electron chi connectivity index (χ2n) is 11.9. The summed E-state index contributed by atoms with van der Waals surface area (Å²) in [7, 11) is -13.0. The second kappa shape index (κ2) is 33.9. The van der Waals surface area contributed by atoms with Crippen molar-refractivity contribution in [1.82, 2.24) is 15.0 Å². The average molecular weight is 1320 g/mol. The molecule has 0 aliphatic carbocycles. The number of hydrogen-bond donors (Lipinski definition) is 6. The molecule has 0 aliphatic rings. The van der Waals surface area contributed by atoms with Crippen LogP contribution in [0.1, 0.15) is 0 Å². The van der Waals surface area contributed by atoms with Crippen LogP contribution in [0.2, 0.25) is 0 Å². The van der Waals surface area contributed by atoms with Crippen LogP contribution in [0.3, 0.4) is 0 Å². The zero-order valence-corrected chi connectivity index (χ0v) is 52.9. The predicted molar refractivity (Wildman–Crippen MR) is 254 cm³/mol. The standard InChI is InChI=1S/C33H27N8O12S4.B2I2.4Na.H2O4S/c1-2-56(45,46)25-12-9-20(10-13-25)40-41-29-28(55-53-51-44)16-19-15-23(11-14-27(19)30(29)42)36-33-38-31(34-21-5-3-7-24(17-21)54-52-50-43)37-32(39-33)35-22-6-4-8-26(18-22)57(47,48)49;1-4(2)3;;;;;1-5(2,3)4/h3-18,42-44H,1-2H2,(H,47,48,49)(H3,34,35,36,37,38,39);;;;;;(H2,1,2,3,4)/q-1;;4*+1;/p-3. The van der Waals surface area contributed by atoms with Gasteiger partial charge in [-0.3, -0.25) is 19.2 Å². The number of aromatic hydroxyl groups is 1. The largest absolute Gasteiger partial charge is 1.00 e. The summed E-state index contributed by atoms with van der Waals surface area (Å²) in [5, 5.41) is 57.0. The first kappa shape index (κ1) is 69.9. The molecule has 6 N–H and O–H groups in total. The van der Waals surface area contributed by atoms with Crippen molar-refractivity contribution in [2.75, 3.05) is 21.7 Å². The number of sulfone groups is 1. The van der Waals surface area contributed by atoms with Crippen molar-refractivity contribution in [2.45, 2.75) is 19.6 Å². The first-order valence-electron chi connectivity index (χ1n) is 17.0. The summed E-state index contributed by atoms with van der Waals surface area (Å²) in [6, 6.07) is 23.5. The number of rotatable bonds is 17. The van der Waals surface area contributed by atoms with Crippen molar-refractivity contribution in [3.05, 3.63) is 104 Å². The Kier molecular flexibility index (Phi) is 33.8. The van der Waals surface area contributed by atoms with Crippen molar-refractivity contribution in [3.63, 3.8) is 0 Å². The average Bonchev–Trinajstić information content (AvgIpc) is 3.24. The number of nitrogens with one attached hydrogen (secondary N) is 3. The van der Waals surface area contributed by atoms with Crippen LogP contribution in [-0.2, 0) is 49.1 Å². The summed E-state index contributed by atoms with van der Waals surface area (Å²) in [5.41, 5.74) is 11.2. The van der Waals surface area contributed by atoms with Crippen LogP contribution in [0.15, 0.2) is 127 Å². The molecule has 1 aromatic heterocycles. The van der Waals surface area contributed by atoms with Gasteiger partial charge in [-0.25, -0.2) is 16.8 Å². The van der Waals surface area contributed by atoms with E-state index in [1.54, 1.807) is 42.5 Å². The SMILES string of the molecule is O=S(=O)(O)O.[B]I([B])I.[CH2-]CS(=O)(=O)c1ccc(N=Nc2c(SOO[O-])cc3cc(Nc4nc(Nc5cccc(SOO[O-])c5)nc(Nc5cccc(S(=O)(=O)[O-])c5)n4)ccc3c2O)cc1.[Na+].[Na+].[Na+].[Na+]. The molecule has 0 bridgehead atoms. The van der Waals surface area contributed by atoms with Gasteiger partial charge < -0.3 is 43.0 Å². The number of phenolic OH excluding ortho intramolecular Hbond substituents is 1. The number of halogens is 2. The molecule has 24 nitrogen and oxygen atoms in total. The fourth-order valence-corrected chi connectivity index (χ4v) is 7.14. The van der Waals surface area contributed by atoms with Gasteiger partial charge in [0, 0.05) is 27.3 Å². The van der Waals surface area contributed by atoms with Gasteiger partial charge in [0.05, 0.1) is 44.5 Å². The van der Waals surface area contributed by atoms with E-state index in [-0.39, 0.29) is 174 Å². The van der Waals surface area contributed by atoms with Crippen molar-refractivity contribution in [2.24, 2.45) is 10.2 Å². The van der Waals surface area contributed by atoms with Gasteiger partial charge >= 0.3 is 174 Å². The summed E-state index contributed by atoms with van der Waals surface area (Å²) in [5.74, 6) is -0.788. The number of benzene rings is 5. The van der Waals surface area contributed by atoms with Gasteiger partial charge in [0.15, 0.2) is 15.6 Å². The van der Waals surface area contributed by atoms with Gasteiger partial charge in [0.1, 0.15) is 15.8 Å². The smallest absolute Gasteiger partial charge is 0.744 e. The molecule has 4 radical (unpaired) electrons. The Balaban J connectivity index is 0.00000336. The van der Waals surface area contributed by atoms with E-state index < -0.39 is 50.7 Å². The molecule has 6 aromatic rings. The van der Waals surface area contributed by atoms with Gasteiger partial charge in [-0.15, -0.1) is 5.11 Å². The van der Waals surface area contributed by atoms with Crippen molar-refractivity contribution in [1.29, 1.82) is 0 Å². The number of fused-ring (bicyclic) bond motifs is 1. The zero-order chi connectivity index (χ0) is 48.7. The Morgan fingerprint density at radius 3 is 1.69 bits per heavy atom. The van der Waals surface area contributed by atoms with Crippen molar-refractivity contribution < 1.29 is 192 Å². The fraction of sp³-hybridized carbons (Fsp3) is 0.0303. The third kappa shape index (κ3) is 24.7. The van der Waals surface area contributed by atoms with Crippen LogP contribution in [0.5, 0.6) is 5.75 Å². The Morgan fingerprint density at radius 2 is 1.19 bits per heavy atom. The molecule has 0 atom stereocenters. The van der Waals surface area contributed by atoms with Crippen LogP contribution in [-0.4, -0.2) is 76.1 Å². The fourth-order valence-electron chi connectivity index (χ4n) is 4.92. The van der Waals surface area contributed by atoms with E-state index in [9.17, 15) is 37.0 Å². The topological polar surface area (TPSA) is 369 Å². The van der Waals surface area contributed by atoms with E-state index in [2.05, 4.69) is 85.4 Å². The summed E-state index contributed by atoms with van der Waals surface area (Å²) >= 11 is 1.87. The van der Waals surface area contributed by atoms with E-state index >= 15 is 0 Å². The van der Waals surface area contributed by atoms with Crippen molar-refractivity contribution in [3.8, 4) is 5.75 Å². The Morgan fingerprint density at radius 1 is 0.700 bits per heavy atom. The number of anilines is 6. The number of aromatic nitrogens is 3. The summed E-state index contributed by atoms with van der Waals surface area (Å²) < 4.78 is 99.6. The number of nitrogens with zero attached hydrogens (tertiary/aromatic N) is 5. The first-order valence-corrected chi connectivity index (χ1v) is 31.7. The minimum Gasteiger partial charge on any atom is -0.744 e. The maximum atomic E-state index is 12.1. The second-order valence-corrected chi connectivity index (χ2v) is 25.8. The molecule has 6 rings (SSSR count). The van der Waals surface area contributed by atoms with Crippen LogP contribution in [0.4, 0.5) is 46.3 Å². The number of hydrogen-bond acceptors (Lipinski definition) is 24. The van der Waals surface area contributed by atoms with Crippen LogP contribution in [0, 0.1) is 6.92 Å². The molecule has 0 aliphatic heterocycles. The van der Waals surface area contributed by atoms with E-state index in [1.165, 1.54) is 42.5 Å². The Labute approximate surface area is 516 Å². The molecule has 348 valence electrons. The minimum atomic E-state index is -4.77. The van der Waals surface area contributed by atoms with Gasteiger partial charge in [0.25, 0.3) is 0 Å². The molecule has 0 saturated heterocycles. The summed E-state index contributed by atoms with van der Waals surface area (Å²) in [4.78, 5) is 13.3. The van der Waals surface area contributed by atoms with Crippen LogP contribution in [0.25, 0.3) is 10.8 Å². The minimum absolute atomic E-state index is 0. The molecular weight excluding hydrogens is 1290 g/mol. The summed E-state index contributed by atoms with van der Waals surface area (Å²) in [6.45, 7) is 3.42. The molecule has 0 spiro atoms. The molecule has 1 heterocycles. The van der Waals surface area contributed by atoms with Crippen LogP contribution < -0.4 is 145 Å². The molecule has 5 aromatic carbocycles. The molecule has 0 saturated carbocycles. The monoisotopic (exact) mass is 1320 g/mol. The number of phenols is 1. The third-order valence-corrected chi connectivity index (χ3v) is 11.0. The molecule has 70 heavy (non-hydrogen) atoms. The molecule has 37 heteroatoms. The number of azo groups is 1. The van der Waals surface area contributed by atoms with E-state index in [4.69, 9.17) is 28.9 Å². The van der Waals surface area contributed by atoms with Gasteiger partial charge in [0.2, 0.25) is 17.8 Å². The van der Waals surface area contributed by atoms with E-state index in [0.717, 1.165) is 12.1 Å². The van der Waals surface area contributed by atoms with Gasteiger partial charge in [-0.1, -0.05) is 17.9 Å². The maximum Gasteiger partial charge on any atom is 1.00 e. The van der Waals surface area contributed by atoms with Gasteiger partial charge in [-0.2, -0.15) is 37.2 Å². The first-order chi connectivity index (χ1) is 31.1. The maximum absolute atomic E-state index is 12.1. The van der Waals surface area contributed by atoms with Crippen LogP contribution >= 0.6 is 58.1 Å². The predicted octanol–water partition coefficient (Wildman–Crippen LogP) is -6.28. The van der Waals surface area contributed by atoms with Crippen molar-refractivity contribution >= 4 is 157 Å². The van der Waals surface area contributed by atoms with E-state index in [0.29, 0.717) is 51.1 Å².